The van der Waals surface area contributed by atoms with Crippen molar-refractivity contribution >= 4 is 22.9 Å². The van der Waals surface area contributed by atoms with E-state index in [2.05, 4.69) is 10.3 Å². The first-order valence-electron chi connectivity index (χ1n) is 10.5. The number of carbonyl (C=O) groups is 1. The molecule has 0 amide bonds. The van der Waals surface area contributed by atoms with Crippen molar-refractivity contribution in [2.24, 2.45) is 5.92 Å². The van der Waals surface area contributed by atoms with E-state index in [1.807, 2.05) is 0 Å². The van der Waals surface area contributed by atoms with E-state index >= 15 is 0 Å². The Hall–Kier alpha value is -3.39. The molecular formula is C25H25F3N2O3. The number of aliphatic carboxylic acids is 1. The van der Waals surface area contributed by atoms with Crippen LogP contribution in [0.2, 0.25) is 0 Å². The molecule has 0 aliphatic carbocycles. The summed E-state index contributed by atoms with van der Waals surface area (Å²) in [6.07, 6.45) is 5.39. The largest absolute Gasteiger partial charge is 0.497 e. The van der Waals surface area contributed by atoms with E-state index in [4.69, 9.17) is 4.74 Å². The Morgan fingerprint density at radius 1 is 1.18 bits per heavy atom. The van der Waals surface area contributed by atoms with Gasteiger partial charge in [-0.15, -0.1) is 0 Å². The molecule has 1 atom stereocenters. The minimum Gasteiger partial charge on any atom is -0.497 e. The number of rotatable bonds is 11. The highest BCUT2D eigenvalue weighted by atomic mass is 19.1. The predicted molar refractivity (Wildman–Crippen MR) is 121 cm³/mol. The number of nitrogens with zero attached hydrogens (tertiary/aromatic N) is 1. The van der Waals surface area contributed by atoms with Crippen LogP contribution in [0.3, 0.4) is 0 Å². The predicted octanol–water partition coefficient (Wildman–Crippen LogP) is 4.99. The van der Waals surface area contributed by atoms with Crippen molar-refractivity contribution in [3.8, 4) is 5.75 Å². The molecule has 0 saturated carbocycles. The lowest BCUT2D eigenvalue weighted by molar-refractivity contribution is -0.141. The minimum atomic E-state index is -0.954. The third-order valence-electron chi connectivity index (χ3n) is 5.37. The number of carboxylic acids is 1. The molecule has 0 unspecified atom stereocenters. The summed E-state index contributed by atoms with van der Waals surface area (Å²) in [5.74, 6) is -2.54. The number of aryl methyl sites for hydroxylation is 1. The lowest BCUT2D eigenvalue weighted by Gasteiger charge is -2.14. The number of ether oxygens (including phenoxy) is 1. The summed E-state index contributed by atoms with van der Waals surface area (Å²) in [7, 11) is 1.53. The van der Waals surface area contributed by atoms with Gasteiger partial charge in [0.15, 0.2) is 0 Å². The standard InChI is InChI=1S/C25H25F3N2O3/c1-33-19-8-10-24-21(13-19)20(23(28)15-30-24)6-2-4-17(25(31)32)14-29-11-3-5-16-12-18(26)7-9-22(16)27/h3,5,7-10,12-13,15,17,29H,2,4,6,11,14H2,1H3,(H,31,32)/b5-3+/t17-/m1/s1. The van der Waals surface area contributed by atoms with Crippen molar-refractivity contribution in [2.45, 2.75) is 19.3 Å². The van der Waals surface area contributed by atoms with Crippen LogP contribution in [0.5, 0.6) is 5.75 Å². The lowest BCUT2D eigenvalue weighted by Crippen LogP contribution is -2.28. The average molecular weight is 458 g/mol. The smallest absolute Gasteiger partial charge is 0.307 e. The molecule has 174 valence electrons. The zero-order valence-corrected chi connectivity index (χ0v) is 18.2. The zero-order valence-electron chi connectivity index (χ0n) is 18.2. The Morgan fingerprint density at radius 2 is 2.00 bits per heavy atom. The maximum Gasteiger partial charge on any atom is 0.307 e. The van der Waals surface area contributed by atoms with Crippen molar-refractivity contribution in [3.05, 3.63) is 77.2 Å². The number of hydrogen-bond acceptors (Lipinski definition) is 4. The quantitative estimate of drug-likeness (QED) is 0.396. The van der Waals surface area contributed by atoms with E-state index in [-0.39, 0.29) is 12.1 Å². The maximum absolute atomic E-state index is 14.4. The molecule has 2 N–H and O–H groups in total. The molecule has 0 fully saturated rings. The van der Waals surface area contributed by atoms with Gasteiger partial charge in [0, 0.05) is 24.0 Å². The van der Waals surface area contributed by atoms with Crippen molar-refractivity contribution < 1.29 is 27.8 Å². The van der Waals surface area contributed by atoms with Crippen LogP contribution in [0.1, 0.15) is 24.0 Å². The Bertz CT molecular complexity index is 1150. The summed E-state index contributed by atoms with van der Waals surface area (Å²) in [6, 6.07) is 8.41. The van der Waals surface area contributed by atoms with Crippen molar-refractivity contribution in [2.75, 3.05) is 20.2 Å². The maximum atomic E-state index is 14.4. The molecule has 1 aromatic heterocycles. The van der Waals surface area contributed by atoms with Gasteiger partial charge in [0.25, 0.3) is 0 Å². The van der Waals surface area contributed by atoms with Crippen LogP contribution in [0.25, 0.3) is 17.0 Å². The van der Waals surface area contributed by atoms with Crippen LogP contribution >= 0.6 is 0 Å². The highest BCUT2D eigenvalue weighted by Gasteiger charge is 2.18. The van der Waals surface area contributed by atoms with E-state index < -0.39 is 29.3 Å². The number of nitrogens with one attached hydrogen (secondary N) is 1. The molecule has 1 heterocycles. The first-order chi connectivity index (χ1) is 15.9. The molecule has 3 aromatic rings. The first kappa shape index (κ1) is 24.3. The van der Waals surface area contributed by atoms with Crippen molar-refractivity contribution in [3.63, 3.8) is 0 Å². The van der Waals surface area contributed by atoms with Gasteiger partial charge in [-0.2, -0.15) is 0 Å². The van der Waals surface area contributed by atoms with Crippen LogP contribution in [0, 0.1) is 23.4 Å². The van der Waals surface area contributed by atoms with E-state index in [1.165, 1.54) is 19.4 Å². The van der Waals surface area contributed by atoms with Gasteiger partial charge in [-0.1, -0.05) is 12.2 Å². The molecule has 0 radical (unpaired) electrons. The fourth-order valence-electron chi connectivity index (χ4n) is 3.59. The molecule has 0 saturated heterocycles. The van der Waals surface area contributed by atoms with Crippen LogP contribution in [-0.2, 0) is 11.2 Å². The molecule has 3 rings (SSSR count). The first-order valence-corrected chi connectivity index (χ1v) is 10.5. The highest BCUT2D eigenvalue weighted by Crippen LogP contribution is 2.26. The number of aromatic nitrogens is 1. The van der Waals surface area contributed by atoms with Gasteiger partial charge in [0.1, 0.15) is 23.2 Å². The van der Waals surface area contributed by atoms with E-state index in [0.717, 1.165) is 18.2 Å². The lowest BCUT2D eigenvalue weighted by atomic mass is 9.97. The summed E-state index contributed by atoms with van der Waals surface area (Å²) in [5.41, 5.74) is 1.25. The molecule has 0 bridgehead atoms. The summed E-state index contributed by atoms with van der Waals surface area (Å²) >= 11 is 0. The number of benzene rings is 2. The van der Waals surface area contributed by atoms with Gasteiger partial charge >= 0.3 is 5.97 Å². The van der Waals surface area contributed by atoms with Gasteiger partial charge in [-0.3, -0.25) is 9.78 Å². The van der Waals surface area contributed by atoms with E-state index in [9.17, 15) is 23.1 Å². The number of fused-ring (bicyclic) bond motifs is 1. The minimum absolute atomic E-state index is 0.120. The summed E-state index contributed by atoms with van der Waals surface area (Å²) in [6.45, 7) is 0.488. The molecule has 2 aromatic carbocycles. The molecule has 8 heteroatoms. The summed E-state index contributed by atoms with van der Waals surface area (Å²) < 4.78 is 46.4. The second kappa shape index (κ2) is 11.5. The summed E-state index contributed by atoms with van der Waals surface area (Å²) in [5, 5.41) is 13.2. The second-order valence-electron chi connectivity index (χ2n) is 7.62. The second-order valence-corrected chi connectivity index (χ2v) is 7.62. The van der Waals surface area contributed by atoms with Gasteiger partial charge in [0.05, 0.1) is 24.7 Å². The normalized spacial score (nSPS) is 12.4. The zero-order chi connectivity index (χ0) is 23.8. The Morgan fingerprint density at radius 3 is 2.76 bits per heavy atom. The van der Waals surface area contributed by atoms with Crippen LogP contribution < -0.4 is 10.1 Å². The summed E-state index contributed by atoms with van der Waals surface area (Å²) in [4.78, 5) is 15.7. The van der Waals surface area contributed by atoms with Gasteiger partial charge < -0.3 is 15.2 Å². The third kappa shape index (κ3) is 6.55. The molecule has 0 aliphatic rings. The SMILES string of the molecule is COc1ccc2ncc(F)c(CCC[C@H](CNC/C=C/c3cc(F)ccc3F)C(=O)O)c2c1. The van der Waals surface area contributed by atoms with Crippen molar-refractivity contribution in [1.29, 1.82) is 0 Å². The monoisotopic (exact) mass is 458 g/mol. The number of pyridine rings is 1. The van der Waals surface area contributed by atoms with Gasteiger partial charge in [-0.05, 0) is 61.2 Å². The van der Waals surface area contributed by atoms with E-state index in [1.54, 1.807) is 24.3 Å². The molecule has 0 aliphatic heterocycles. The molecule has 0 spiro atoms. The highest BCUT2D eigenvalue weighted by molar-refractivity contribution is 5.83. The number of halogens is 3. The van der Waals surface area contributed by atoms with Crippen LogP contribution in [0.4, 0.5) is 13.2 Å². The fraction of sp³-hybridized carbons (Fsp3) is 0.280. The Kier molecular flexibility index (Phi) is 8.43. The Labute approximate surface area is 189 Å². The number of hydrogen-bond donors (Lipinski definition) is 2. The molecular weight excluding hydrogens is 433 g/mol. The van der Waals surface area contributed by atoms with Gasteiger partial charge in [0.2, 0.25) is 0 Å². The van der Waals surface area contributed by atoms with E-state index in [0.29, 0.717) is 48.0 Å². The third-order valence-corrected chi connectivity index (χ3v) is 5.37. The van der Waals surface area contributed by atoms with Crippen LogP contribution in [-0.4, -0.2) is 36.3 Å². The van der Waals surface area contributed by atoms with Crippen LogP contribution in [0.15, 0.2) is 48.7 Å². The molecule has 33 heavy (non-hydrogen) atoms. The molecule has 5 nitrogen and oxygen atoms in total. The average Bonchev–Trinajstić information content (AvgIpc) is 2.80. The topological polar surface area (TPSA) is 71.5 Å². The Balaban J connectivity index is 1.55. The van der Waals surface area contributed by atoms with Gasteiger partial charge in [-0.25, -0.2) is 13.2 Å². The number of methoxy groups -OCH3 is 1. The van der Waals surface area contributed by atoms with Crippen molar-refractivity contribution in [1.82, 2.24) is 10.3 Å². The number of carboxylic acid groups (broad SMARTS) is 1. The fourth-order valence-corrected chi connectivity index (χ4v) is 3.59.